The van der Waals surface area contributed by atoms with Crippen LogP contribution in [0.4, 0.5) is 17.3 Å². The fourth-order valence-corrected chi connectivity index (χ4v) is 3.44. The Morgan fingerprint density at radius 1 is 0.969 bits per heavy atom. The maximum absolute atomic E-state index is 9.89. The number of aromatic nitrogens is 4. The van der Waals surface area contributed by atoms with Crippen molar-refractivity contribution in [2.75, 3.05) is 5.73 Å². The molecular formula is C24H32N8. The van der Waals surface area contributed by atoms with E-state index in [4.69, 9.17) is 10.8 Å². The molecule has 0 aliphatic heterocycles. The van der Waals surface area contributed by atoms with E-state index >= 15 is 0 Å². The van der Waals surface area contributed by atoms with Crippen molar-refractivity contribution in [3.8, 4) is 11.8 Å². The lowest BCUT2D eigenvalue weighted by Gasteiger charge is -2.15. The number of para-hydroxylation sites is 1. The van der Waals surface area contributed by atoms with Gasteiger partial charge in [-0.2, -0.15) is 15.5 Å². The SMILES string of the molecule is CCCn1nc(C(C)(C)C)c(C#N)c1/N=N/c1c(C(C)(C)C)nn(-c2ccccc2)c1N. The number of azo groups is 1. The Morgan fingerprint density at radius 3 is 2.12 bits per heavy atom. The predicted molar refractivity (Wildman–Crippen MR) is 127 cm³/mol. The van der Waals surface area contributed by atoms with Gasteiger partial charge in [-0.25, -0.2) is 9.36 Å². The zero-order valence-electron chi connectivity index (χ0n) is 20.0. The van der Waals surface area contributed by atoms with Crippen molar-refractivity contribution < 1.29 is 0 Å². The van der Waals surface area contributed by atoms with Crippen LogP contribution in [0.15, 0.2) is 40.6 Å². The Bertz CT molecular complexity index is 1160. The molecule has 2 heterocycles. The first-order chi connectivity index (χ1) is 15.0. The highest BCUT2D eigenvalue weighted by Crippen LogP contribution is 2.39. The van der Waals surface area contributed by atoms with Crippen molar-refractivity contribution in [2.45, 2.75) is 72.3 Å². The van der Waals surface area contributed by atoms with Crippen molar-refractivity contribution in [2.24, 2.45) is 10.2 Å². The van der Waals surface area contributed by atoms with Crippen molar-refractivity contribution in [1.82, 2.24) is 19.6 Å². The highest BCUT2D eigenvalue weighted by Gasteiger charge is 2.29. The van der Waals surface area contributed by atoms with Crippen LogP contribution in [0.1, 0.15) is 71.8 Å². The molecule has 2 aromatic heterocycles. The third kappa shape index (κ3) is 4.42. The number of aryl methyl sites for hydroxylation is 1. The van der Waals surface area contributed by atoms with Crippen LogP contribution in [0.5, 0.6) is 0 Å². The van der Waals surface area contributed by atoms with Crippen LogP contribution in [0.2, 0.25) is 0 Å². The minimum absolute atomic E-state index is 0.290. The van der Waals surface area contributed by atoms with E-state index in [1.807, 2.05) is 51.1 Å². The number of anilines is 1. The maximum atomic E-state index is 9.89. The topological polar surface area (TPSA) is 110 Å². The van der Waals surface area contributed by atoms with E-state index in [0.29, 0.717) is 35.1 Å². The number of nitriles is 1. The van der Waals surface area contributed by atoms with E-state index in [2.05, 4.69) is 49.1 Å². The third-order valence-corrected chi connectivity index (χ3v) is 5.03. The fourth-order valence-electron chi connectivity index (χ4n) is 3.44. The number of hydrogen-bond acceptors (Lipinski definition) is 6. The molecule has 0 fully saturated rings. The van der Waals surface area contributed by atoms with Crippen LogP contribution in [-0.2, 0) is 17.4 Å². The molecule has 0 radical (unpaired) electrons. The number of hydrogen-bond donors (Lipinski definition) is 1. The summed E-state index contributed by atoms with van der Waals surface area (Å²) in [6, 6.07) is 12.0. The normalized spacial score (nSPS) is 12.4. The standard InChI is InChI=1S/C24H32N8/c1-8-14-31-22(17(15-25)19(29-31)23(2,3)4)28-27-18-20(24(5,6)7)30-32(21(18)26)16-12-10-9-11-13-16/h9-13H,8,14,26H2,1-7H3/b28-27+. The predicted octanol–water partition coefficient (Wildman–Crippen LogP) is 5.94. The summed E-state index contributed by atoms with van der Waals surface area (Å²) in [5.41, 5.74) is 9.15. The van der Waals surface area contributed by atoms with E-state index in [9.17, 15) is 5.26 Å². The van der Waals surface area contributed by atoms with Gasteiger partial charge in [-0.15, -0.1) is 10.2 Å². The van der Waals surface area contributed by atoms with Crippen LogP contribution in [0.25, 0.3) is 5.69 Å². The molecule has 8 heteroatoms. The zero-order valence-corrected chi connectivity index (χ0v) is 20.0. The summed E-state index contributed by atoms with van der Waals surface area (Å²) in [7, 11) is 0. The van der Waals surface area contributed by atoms with Crippen molar-refractivity contribution in [1.29, 1.82) is 5.26 Å². The maximum Gasteiger partial charge on any atom is 0.191 e. The second-order valence-corrected chi connectivity index (χ2v) is 9.91. The number of rotatable bonds is 5. The molecule has 0 aliphatic carbocycles. The second kappa shape index (κ2) is 8.58. The summed E-state index contributed by atoms with van der Waals surface area (Å²) in [5, 5.41) is 28.4. The van der Waals surface area contributed by atoms with Crippen LogP contribution >= 0.6 is 0 Å². The third-order valence-electron chi connectivity index (χ3n) is 5.03. The fraction of sp³-hybridized carbons (Fsp3) is 0.458. The molecule has 1 aromatic carbocycles. The smallest absolute Gasteiger partial charge is 0.191 e. The number of nitrogen functional groups attached to an aromatic ring is 1. The van der Waals surface area contributed by atoms with Gasteiger partial charge in [0.05, 0.1) is 17.1 Å². The number of nitrogens with zero attached hydrogens (tertiary/aromatic N) is 7. The first-order valence-corrected chi connectivity index (χ1v) is 10.9. The summed E-state index contributed by atoms with van der Waals surface area (Å²) < 4.78 is 3.45. The molecule has 0 unspecified atom stereocenters. The average molecular weight is 433 g/mol. The van der Waals surface area contributed by atoms with Crippen molar-refractivity contribution >= 4 is 17.3 Å². The van der Waals surface area contributed by atoms with E-state index in [0.717, 1.165) is 17.8 Å². The Balaban J connectivity index is 2.19. The number of benzene rings is 1. The van der Waals surface area contributed by atoms with Crippen molar-refractivity contribution in [3.63, 3.8) is 0 Å². The van der Waals surface area contributed by atoms with Gasteiger partial charge in [0.2, 0.25) is 0 Å². The monoisotopic (exact) mass is 432 g/mol. The lowest BCUT2D eigenvalue weighted by Crippen LogP contribution is -2.14. The highest BCUT2D eigenvalue weighted by atomic mass is 15.4. The first-order valence-electron chi connectivity index (χ1n) is 10.9. The first kappa shape index (κ1) is 23.2. The number of nitrogens with two attached hydrogens (primary N) is 1. The van der Waals surface area contributed by atoms with Gasteiger partial charge in [0.1, 0.15) is 11.6 Å². The second-order valence-electron chi connectivity index (χ2n) is 9.91. The van der Waals surface area contributed by atoms with Crippen molar-refractivity contribution in [3.05, 3.63) is 47.3 Å². The molecule has 0 saturated carbocycles. The minimum Gasteiger partial charge on any atom is -0.382 e. The molecule has 0 saturated heterocycles. The Morgan fingerprint density at radius 2 is 1.59 bits per heavy atom. The molecule has 0 aliphatic rings. The molecule has 3 rings (SSSR count). The van der Waals surface area contributed by atoms with Gasteiger partial charge in [-0.1, -0.05) is 66.7 Å². The highest BCUT2D eigenvalue weighted by molar-refractivity contribution is 5.66. The van der Waals surface area contributed by atoms with E-state index < -0.39 is 0 Å². The van der Waals surface area contributed by atoms with E-state index in [-0.39, 0.29) is 10.8 Å². The summed E-state index contributed by atoms with van der Waals surface area (Å²) in [5.74, 6) is 0.854. The van der Waals surface area contributed by atoms with Crippen LogP contribution in [0, 0.1) is 11.3 Å². The van der Waals surface area contributed by atoms with Gasteiger partial charge in [0, 0.05) is 17.4 Å². The van der Waals surface area contributed by atoms with Gasteiger partial charge in [0.25, 0.3) is 0 Å². The van der Waals surface area contributed by atoms with Gasteiger partial charge in [-0.05, 0) is 18.6 Å². The Labute approximate surface area is 189 Å². The average Bonchev–Trinajstić information content (AvgIpc) is 3.24. The van der Waals surface area contributed by atoms with Gasteiger partial charge in [0.15, 0.2) is 17.3 Å². The van der Waals surface area contributed by atoms with Crippen LogP contribution in [-0.4, -0.2) is 19.6 Å². The summed E-state index contributed by atoms with van der Waals surface area (Å²) >= 11 is 0. The lowest BCUT2D eigenvalue weighted by atomic mass is 9.90. The van der Waals surface area contributed by atoms with Gasteiger partial charge >= 0.3 is 0 Å². The molecule has 0 bridgehead atoms. The van der Waals surface area contributed by atoms with Gasteiger partial charge < -0.3 is 5.73 Å². The molecule has 2 N–H and O–H groups in total. The molecule has 0 spiro atoms. The molecular weight excluding hydrogens is 400 g/mol. The Hall–Kier alpha value is -3.47. The van der Waals surface area contributed by atoms with E-state index in [1.54, 1.807) is 9.36 Å². The zero-order chi connectivity index (χ0) is 23.7. The lowest BCUT2D eigenvalue weighted by molar-refractivity contribution is 0.529. The molecule has 32 heavy (non-hydrogen) atoms. The van der Waals surface area contributed by atoms with E-state index in [1.165, 1.54) is 0 Å². The summed E-state index contributed by atoms with van der Waals surface area (Å²) in [6.07, 6.45) is 0.861. The van der Waals surface area contributed by atoms with Gasteiger partial charge in [-0.3, -0.25) is 0 Å². The quantitative estimate of drug-likeness (QED) is 0.503. The molecule has 0 amide bonds. The molecule has 0 atom stereocenters. The summed E-state index contributed by atoms with van der Waals surface area (Å²) in [4.78, 5) is 0. The largest absolute Gasteiger partial charge is 0.382 e. The summed E-state index contributed by atoms with van der Waals surface area (Å²) in [6.45, 7) is 15.0. The van der Waals surface area contributed by atoms with Crippen LogP contribution in [0.3, 0.4) is 0 Å². The molecule has 168 valence electrons. The Kier molecular flexibility index (Phi) is 6.22. The minimum atomic E-state index is -0.305. The molecule has 8 nitrogen and oxygen atoms in total. The molecule has 3 aromatic rings. The van der Waals surface area contributed by atoms with Crippen LogP contribution < -0.4 is 5.73 Å².